The van der Waals surface area contributed by atoms with Crippen molar-refractivity contribution in [3.05, 3.63) is 23.3 Å². The molecule has 0 spiro atoms. The zero-order valence-electron chi connectivity index (χ0n) is 9.25. The average molecular weight is 190 g/mol. The summed E-state index contributed by atoms with van der Waals surface area (Å²) >= 11 is 0. The zero-order chi connectivity index (χ0) is 10.1. The molecule has 2 rings (SSSR count). The topological polar surface area (TPSA) is 25.8 Å². The Labute approximate surface area is 85.8 Å². The third-order valence-electron chi connectivity index (χ3n) is 3.14. The van der Waals surface area contributed by atoms with Crippen molar-refractivity contribution in [1.82, 2.24) is 9.97 Å². The van der Waals surface area contributed by atoms with Gasteiger partial charge in [-0.05, 0) is 37.7 Å². The Kier molecular flexibility index (Phi) is 2.53. The molecule has 0 bridgehead atoms. The fourth-order valence-corrected chi connectivity index (χ4v) is 2.32. The minimum atomic E-state index is 0.653. The molecule has 0 radical (unpaired) electrons. The van der Waals surface area contributed by atoms with Crippen molar-refractivity contribution in [2.24, 2.45) is 5.92 Å². The summed E-state index contributed by atoms with van der Waals surface area (Å²) in [6, 6.07) is 0. The van der Waals surface area contributed by atoms with Gasteiger partial charge in [-0.25, -0.2) is 9.97 Å². The lowest BCUT2D eigenvalue weighted by Crippen LogP contribution is -2.17. The van der Waals surface area contributed by atoms with E-state index in [1.54, 1.807) is 0 Å². The third kappa shape index (κ3) is 1.66. The molecule has 1 aromatic rings. The highest BCUT2D eigenvalue weighted by Crippen LogP contribution is 2.34. The largest absolute Gasteiger partial charge is 0.241 e. The molecule has 14 heavy (non-hydrogen) atoms. The van der Waals surface area contributed by atoms with Crippen LogP contribution in [0.1, 0.15) is 49.7 Å². The summed E-state index contributed by atoms with van der Waals surface area (Å²) in [5.41, 5.74) is 2.69. The Hall–Kier alpha value is -0.920. The van der Waals surface area contributed by atoms with Crippen molar-refractivity contribution in [2.75, 3.05) is 0 Å². The van der Waals surface area contributed by atoms with E-state index in [4.69, 9.17) is 0 Å². The maximum Gasteiger partial charge on any atom is 0.125 e. The van der Waals surface area contributed by atoms with Crippen molar-refractivity contribution in [2.45, 2.75) is 46.0 Å². The highest BCUT2D eigenvalue weighted by atomic mass is 14.9. The fourth-order valence-electron chi connectivity index (χ4n) is 2.32. The van der Waals surface area contributed by atoms with Crippen LogP contribution in [-0.2, 0) is 6.42 Å². The van der Waals surface area contributed by atoms with E-state index in [0.717, 1.165) is 5.82 Å². The van der Waals surface area contributed by atoms with E-state index >= 15 is 0 Å². The van der Waals surface area contributed by atoms with Crippen LogP contribution in [0.5, 0.6) is 0 Å². The Balaban J connectivity index is 2.41. The monoisotopic (exact) mass is 190 g/mol. The first-order valence-electron chi connectivity index (χ1n) is 5.51. The van der Waals surface area contributed by atoms with E-state index in [0.29, 0.717) is 11.8 Å². The molecular weight excluding hydrogens is 172 g/mol. The van der Waals surface area contributed by atoms with Gasteiger partial charge in [-0.15, -0.1) is 0 Å². The molecule has 1 unspecified atom stereocenters. The highest BCUT2D eigenvalue weighted by Gasteiger charge is 2.24. The number of hydrogen-bond acceptors (Lipinski definition) is 2. The summed E-state index contributed by atoms with van der Waals surface area (Å²) in [6.07, 6.45) is 5.77. The van der Waals surface area contributed by atoms with Gasteiger partial charge < -0.3 is 0 Å². The molecule has 0 aromatic carbocycles. The van der Waals surface area contributed by atoms with Crippen LogP contribution in [0.2, 0.25) is 0 Å². The van der Waals surface area contributed by atoms with Crippen molar-refractivity contribution in [1.29, 1.82) is 0 Å². The highest BCUT2D eigenvalue weighted by molar-refractivity contribution is 5.24. The molecule has 76 valence electrons. The molecule has 2 heteroatoms. The number of fused-ring (bicyclic) bond motifs is 1. The van der Waals surface area contributed by atoms with E-state index in [2.05, 4.69) is 23.8 Å². The second kappa shape index (κ2) is 3.68. The minimum absolute atomic E-state index is 0.653. The molecule has 0 aliphatic heterocycles. The van der Waals surface area contributed by atoms with Crippen molar-refractivity contribution in [3.8, 4) is 0 Å². The predicted molar refractivity (Wildman–Crippen MR) is 57.3 cm³/mol. The predicted octanol–water partition coefficient (Wildman–Crippen LogP) is 2.86. The first-order valence-corrected chi connectivity index (χ1v) is 5.51. The van der Waals surface area contributed by atoms with E-state index < -0.39 is 0 Å². The van der Waals surface area contributed by atoms with Gasteiger partial charge in [0.1, 0.15) is 5.82 Å². The van der Waals surface area contributed by atoms with Crippen LogP contribution in [-0.4, -0.2) is 9.97 Å². The molecular formula is C12H18N2. The summed E-state index contributed by atoms with van der Waals surface area (Å²) in [6.45, 7) is 6.56. The Morgan fingerprint density at radius 2 is 2.21 bits per heavy atom. The normalized spacial score (nSPS) is 21.0. The van der Waals surface area contributed by atoms with Gasteiger partial charge in [0.05, 0.1) is 5.69 Å². The second-order valence-electron chi connectivity index (χ2n) is 4.57. The number of aromatic nitrogens is 2. The number of aryl methyl sites for hydroxylation is 2. The molecule has 1 atom stereocenters. The van der Waals surface area contributed by atoms with Crippen LogP contribution in [0.15, 0.2) is 6.20 Å². The zero-order valence-corrected chi connectivity index (χ0v) is 9.25. The summed E-state index contributed by atoms with van der Waals surface area (Å²) in [5.74, 6) is 2.26. The van der Waals surface area contributed by atoms with Crippen LogP contribution in [0, 0.1) is 12.8 Å². The Morgan fingerprint density at radius 1 is 1.43 bits per heavy atom. The molecule has 1 aromatic heterocycles. The molecule has 1 aliphatic carbocycles. The minimum Gasteiger partial charge on any atom is -0.241 e. The second-order valence-corrected chi connectivity index (χ2v) is 4.57. The summed E-state index contributed by atoms with van der Waals surface area (Å²) in [7, 11) is 0. The number of nitrogens with zero attached hydrogens (tertiary/aromatic N) is 2. The van der Waals surface area contributed by atoms with E-state index in [9.17, 15) is 0 Å². The van der Waals surface area contributed by atoms with Gasteiger partial charge in [0.15, 0.2) is 0 Å². The van der Waals surface area contributed by atoms with Gasteiger partial charge in [0, 0.05) is 12.1 Å². The molecule has 0 saturated heterocycles. The van der Waals surface area contributed by atoms with Gasteiger partial charge >= 0.3 is 0 Å². The van der Waals surface area contributed by atoms with Crippen LogP contribution >= 0.6 is 0 Å². The van der Waals surface area contributed by atoms with Gasteiger partial charge in [-0.3, -0.25) is 0 Å². The maximum atomic E-state index is 4.61. The van der Waals surface area contributed by atoms with Gasteiger partial charge in [-0.1, -0.05) is 13.8 Å². The Bertz CT molecular complexity index is 331. The van der Waals surface area contributed by atoms with Crippen molar-refractivity contribution in [3.63, 3.8) is 0 Å². The van der Waals surface area contributed by atoms with E-state index in [-0.39, 0.29) is 0 Å². The van der Waals surface area contributed by atoms with Gasteiger partial charge in [0.25, 0.3) is 0 Å². The Morgan fingerprint density at radius 3 is 2.93 bits per heavy atom. The van der Waals surface area contributed by atoms with Crippen LogP contribution in [0.4, 0.5) is 0 Å². The summed E-state index contributed by atoms with van der Waals surface area (Å²) < 4.78 is 0. The standard InChI is InChI=1S/C12H18N2/c1-8(2)11-6-4-5-10-7-13-9(3)14-12(10)11/h7-8,11H,4-6H2,1-3H3. The van der Waals surface area contributed by atoms with Crippen molar-refractivity contribution >= 4 is 0 Å². The molecule has 0 N–H and O–H groups in total. The maximum absolute atomic E-state index is 4.61. The molecule has 0 fully saturated rings. The quantitative estimate of drug-likeness (QED) is 0.680. The molecule has 2 nitrogen and oxygen atoms in total. The lowest BCUT2D eigenvalue weighted by atomic mass is 9.80. The smallest absolute Gasteiger partial charge is 0.125 e. The van der Waals surface area contributed by atoms with Gasteiger partial charge in [0.2, 0.25) is 0 Å². The third-order valence-corrected chi connectivity index (χ3v) is 3.14. The van der Waals surface area contributed by atoms with Gasteiger partial charge in [-0.2, -0.15) is 0 Å². The SMILES string of the molecule is Cc1ncc2c(n1)C(C(C)C)CCC2. The molecule has 0 saturated carbocycles. The number of hydrogen-bond donors (Lipinski definition) is 0. The van der Waals surface area contributed by atoms with Crippen LogP contribution < -0.4 is 0 Å². The van der Waals surface area contributed by atoms with E-state index in [1.807, 2.05) is 13.1 Å². The summed E-state index contributed by atoms with van der Waals surface area (Å²) in [5, 5.41) is 0. The first kappa shape index (κ1) is 9.63. The number of rotatable bonds is 1. The van der Waals surface area contributed by atoms with Crippen molar-refractivity contribution < 1.29 is 0 Å². The first-order chi connectivity index (χ1) is 6.68. The van der Waals surface area contributed by atoms with Crippen LogP contribution in [0.25, 0.3) is 0 Å². The lowest BCUT2D eigenvalue weighted by Gasteiger charge is -2.27. The molecule has 1 heterocycles. The fraction of sp³-hybridized carbons (Fsp3) is 0.667. The lowest BCUT2D eigenvalue weighted by molar-refractivity contribution is 0.421. The van der Waals surface area contributed by atoms with Crippen LogP contribution in [0.3, 0.4) is 0 Å². The average Bonchev–Trinajstić information content (AvgIpc) is 2.16. The van der Waals surface area contributed by atoms with E-state index in [1.165, 1.54) is 30.5 Å². The molecule has 0 amide bonds. The summed E-state index contributed by atoms with van der Waals surface area (Å²) in [4.78, 5) is 8.88. The molecule has 1 aliphatic rings.